The van der Waals surface area contributed by atoms with Crippen LogP contribution < -0.4 is 16.2 Å². The highest BCUT2D eigenvalue weighted by Crippen LogP contribution is 2.09. The van der Waals surface area contributed by atoms with Crippen molar-refractivity contribution < 1.29 is 14.0 Å². The van der Waals surface area contributed by atoms with Crippen LogP contribution in [0.25, 0.3) is 10.9 Å². The molecule has 8 heteroatoms. The SMILES string of the molecule is Cc1ccc(C(=O)NCCNC(=O)CCc2nc3ccccc3c(=O)[nH]2)cc1F. The molecule has 2 aromatic carbocycles. The molecule has 0 aliphatic carbocycles. The average Bonchev–Trinajstić information content (AvgIpc) is 2.71. The third-order valence-electron chi connectivity index (χ3n) is 4.42. The largest absolute Gasteiger partial charge is 0.354 e. The Morgan fingerprint density at radius 3 is 2.66 bits per heavy atom. The van der Waals surface area contributed by atoms with Crippen molar-refractivity contribution in [2.45, 2.75) is 19.8 Å². The molecule has 1 heterocycles. The molecule has 1 aromatic heterocycles. The van der Waals surface area contributed by atoms with Crippen LogP contribution in [0.15, 0.2) is 47.3 Å². The van der Waals surface area contributed by atoms with Gasteiger partial charge in [-0.05, 0) is 36.8 Å². The summed E-state index contributed by atoms with van der Waals surface area (Å²) in [5, 5.41) is 5.81. The third kappa shape index (κ3) is 5.25. The molecule has 0 unspecified atom stereocenters. The fraction of sp³-hybridized carbons (Fsp3) is 0.238. The number of carbonyl (C=O) groups is 2. The van der Waals surface area contributed by atoms with E-state index in [1.54, 1.807) is 37.3 Å². The van der Waals surface area contributed by atoms with Crippen molar-refractivity contribution in [3.8, 4) is 0 Å². The van der Waals surface area contributed by atoms with Gasteiger partial charge in [-0.15, -0.1) is 0 Å². The lowest BCUT2D eigenvalue weighted by atomic mass is 10.1. The molecule has 0 radical (unpaired) electrons. The van der Waals surface area contributed by atoms with Crippen LogP contribution >= 0.6 is 0 Å². The Balaban J connectivity index is 1.43. The molecule has 150 valence electrons. The van der Waals surface area contributed by atoms with Crippen LogP contribution in [0.1, 0.15) is 28.2 Å². The number of halogens is 1. The van der Waals surface area contributed by atoms with Crippen LogP contribution in [0, 0.1) is 12.7 Å². The maximum absolute atomic E-state index is 13.5. The molecule has 0 saturated carbocycles. The number of nitrogens with one attached hydrogen (secondary N) is 3. The maximum Gasteiger partial charge on any atom is 0.258 e. The fourth-order valence-corrected chi connectivity index (χ4v) is 2.79. The van der Waals surface area contributed by atoms with Crippen LogP contribution in [0.4, 0.5) is 4.39 Å². The topological polar surface area (TPSA) is 104 Å². The third-order valence-corrected chi connectivity index (χ3v) is 4.42. The number of rotatable bonds is 7. The van der Waals surface area contributed by atoms with Crippen molar-refractivity contribution in [3.05, 3.63) is 75.6 Å². The summed E-state index contributed by atoms with van der Waals surface area (Å²) in [4.78, 5) is 43.0. The van der Waals surface area contributed by atoms with Gasteiger partial charge in [0.15, 0.2) is 0 Å². The van der Waals surface area contributed by atoms with Crippen LogP contribution in [-0.2, 0) is 11.2 Å². The lowest BCUT2D eigenvalue weighted by molar-refractivity contribution is -0.121. The predicted octanol–water partition coefficient (Wildman–Crippen LogP) is 1.85. The summed E-state index contributed by atoms with van der Waals surface area (Å²) in [5.74, 6) is -0.627. The van der Waals surface area contributed by atoms with Gasteiger partial charge in [-0.25, -0.2) is 9.37 Å². The van der Waals surface area contributed by atoms with Gasteiger partial charge in [0, 0.05) is 31.5 Å². The van der Waals surface area contributed by atoms with Crippen molar-refractivity contribution in [1.82, 2.24) is 20.6 Å². The summed E-state index contributed by atoms with van der Waals surface area (Å²) in [6.07, 6.45) is 0.444. The first-order valence-electron chi connectivity index (χ1n) is 9.23. The second kappa shape index (κ2) is 9.09. The molecular weight excluding hydrogens is 375 g/mol. The summed E-state index contributed by atoms with van der Waals surface area (Å²) in [5.41, 5.74) is 1.05. The number of carbonyl (C=O) groups excluding carboxylic acids is 2. The van der Waals surface area contributed by atoms with Gasteiger partial charge in [-0.1, -0.05) is 18.2 Å². The van der Waals surface area contributed by atoms with Crippen molar-refractivity contribution in [1.29, 1.82) is 0 Å². The first-order chi connectivity index (χ1) is 13.9. The highest BCUT2D eigenvalue weighted by Gasteiger charge is 2.09. The molecule has 0 bridgehead atoms. The Labute approximate surface area is 166 Å². The molecule has 3 aromatic rings. The van der Waals surface area contributed by atoms with Gasteiger partial charge in [-0.2, -0.15) is 0 Å². The Kier molecular flexibility index (Phi) is 6.33. The second-order valence-electron chi connectivity index (χ2n) is 6.60. The average molecular weight is 396 g/mol. The molecule has 3 N–H and O–H groups in total. The monoisotopic (exact) mass is 396 g/mol. The number of aromatic nitrogens is 2. The van der Waals surface area contributed by atoms with E-state index >= 15 is 0 Å². The van der Waals surface area contributed by atoms with Gasteiger partial charge in [0.05, 0.1) is 10.9 Å². The molecule has 0 atom stereocenters. The van der Waals surface area contributed by atoms with Crippen LogP contribution in [-0.4, -0.2) is 34.9 Å². The summed E-state index contributed by atoms with van der Waals surface area (Å²) >= 11 is 0. The predicted molar refractivity (Wildman–Crippen MR) is 107 cm³/mol. The Morgan fingerprint density at radius 2 is 1.86 bits per heavy atom. The molecule has 0 spiro atoms. The molecule has 29 heavy (non-hydrogen) atoms. The number of hydrogen-bond donors (Lipinski definition) is 3. The number of amides is 2. The minimum Gasteiger partial charge on any atom is -0.354 e. The van der Waals surface area contributed by atoms with E-state index in [9.17, 15) is 18.8 Å². The minimum atomic E-state index is -0.439. The van der Waals surface area contributed by atoms with E-state index in [-0.39, 0.29) is 36.5 Å². The summed E-state index contributed by atoms with van der Waals surface area (Å²) in [7, 11) is 0. The van der Waals surface area contributed by atoms with E-state index in [2.05, 4.69) is 20.6 Å². The van der Waals surface area contributed by atoms with Crippen LogP contribution in [0.3, 0.4) is 0 Å². The van der Waals surface area contributed by atoms with Gasteiger partial charge in [-0.3, -0.25) is 14.4 Å². The Hall–Kier alpha value is -3.55. The number of fused-ring (bicyclic) bond motifs is 1. The van der Waals surface area contributed by atoms with E-state index in [0.29, 0.717) is 28.7 Å². The summed E-state index contributed by atoms with van der Waals surface area (Å²) < 4.78 is 13.5. The summed E-state index contributed by atoms with van der Waals surface area (Å²) in [6, 6.07) is 11.3. The number of benzene rings is 2. The number of aromatic amines is 1. The normalized spacial score (nSPS) is 10.7. The zero-order valence-electron chi connectivity index (χ0n) is 15.9. The van der Waals surface area contributed by atoms with Gasteiger partial charge >= 0.3 is 0 Å². The Bertz CT molecular complexity index is 1110. The van der Waals surface area contributed by atoms with Gasteiger partial charge < -0.3 is 15.6 Å². The minimum absolute atomic E-state index is 0.151. The molecule has 3 rings (SSSR count). The van der Waals surface area contributed by atoms with Crippen molar-refractivity contribution in [2.24, 2.45) is 0 Å². The second-order valence-corrected chi connectivity index (χ2v) is 6.60. The molecule has 2 amide bonds. The number of hydrogen-bond acceptors (Lipinski definition) is 4. The van der Waals surface area contributed by atoms with Crippen molar-refractivity contribution in [2.75, 3.05) is 13.1 Å². The maximum atomic E-state index is 13.5. The van der Waals surface area contributed by atoms with Crippen molar-refractivity contribution >= 4 is 22.7 Å². The van der Waals surface area contributed by atoms with E-state index in [1.165, 1.54) is 12.1 Å². The van der Waals surface area contributed by atoms with Crippen molar-refractivity contribution in [3.63, 3.8) is 0 Å². The molecule has 0 aliphatic heterocycles. The molecule has 0 fully saturated rings. The Morgan fingerprint density at radius 1 is 1.10 bits per heavy atom. The molecule has 7 nitrogen and oxygen atoms in total. The molecular formula is C21H21FN4O3. The standard InChI is InChI=1S/C21H21FN4O3/c1-13-6-7-14(12-16(13)22)20(28)24-11-10-23-19(27)9-8-18-25-17-5-3-2-4-15(17)21(29)26-18/h2-7,12H,8-11H2,1H3,(H,23,27)(H,24,28)(H,25,26,29). The lowest BCUT2D eigenvalue weighted by Crippen LogP contribution is -2.34. The number of aryl methyl sites for hydroxylation is 2. The zero-order chi connectivity index (χ0) is 20.8. The van der Waals surface area contributed by atoms with Gasteiger partial charge in [0.25, 0.3) is 11.5 Å². The number of nitrogens with zero attached hydrogens (tertiary/aromatic N) is 1. The van der Waals surface area contributed by atoms with E-state index < -0.39 is 11.7 Å². The zero-order valence-corrected chi connectivity index (χ0v) is 15.9. The summed E-state index contributed by atoms with van der Waals surface area (Å²) in [6.45, 7) is 2.07. The van der Waals surface area contributed by atoms with Crippen LogP contribution in [0.2, 0.25) is 0 Å². The number of para-hydroxylation sites is 1. The quantitative estimate of drug-likeness (QED) is 0.530. The highest BCUT2D eigenvalue weighted by atomic mass is 19.1. The van der Waals surface area contributed by atoms with E-state index in [0.717, 1.165) is 0 Å². The highest BCUT2D eigenvalue weighted by molar-refractivity contribution is 5.94. The molecule has 0 saturated heterocycles. The lowest BCUT2D eigenvalue weighted by Gasteiger charge is -2.08. The first-order valence-corrected chi connectivity index (χ1v) is 9.23. The first kappa shape index (κ1) is 20.2. The molecule has 0 aliphatic rings. The fourth-order valence-electron chi connectivity index (χ4n) is 2.79. The number of H-pyrrole nitrogens is 1. The smallest absolute Gasteiger partial charge is 0.258 e. The van der Waals surface area contributed by atoms with Gasteiger partial charge in [0.2, 0.25) is 5.91 Å². The van der Waals surface area contributed by atoms with E-state index in [4.69, 9.17) is 0 Å². The van der Waals surface area contributed by atoms with Gasteiger partial charge in [0.1, 0.15) is 11.6 Å². The van der Waals surface area contributed by atoms with E-state index in [1.807, 2.05) is 0 Å². The van der Waals surface area contributed by atoms with Crippen LogP contribution in [0.5, 0.6) is 0 Å².